The van der Waals surface area contributed by atoms with E-state index in [2.05, 4.69) is 5.10 Å². The van der Waals surface area contributed by atoms with Gasteiger partial charge in [0.05, 0.1) is 41.5 Å². The molecule has 4 aromatic rings. The normalized spacial score (nSPS) is 15.4. The molecule has 2 aromatic heterocycles. The van der Waals surface area contributed by atoms with Crippen LogP contribution in [0.2, 0.25) is 0 Å². The molecule has 1 atom stereocenters. The number of hydrogen-bond acceptors (Lipinski definition) is 5. The number of carbonyl (C=O) groups is 1. The number of nitrogens with zero attached hydrogens (tertiary/aromatic N) is 4. The van der Waals surface area contributed by atoms with Gasteiger partial charge in [-0.3, -0.25) is 4.68 Å². The minimum Gasteiger partial charge on any atom is -0.490 e. The van der Waals surface area contributed by atoms with Crippen molar-refractivity contribution in [2.24, 2.45) is 7.05 Å². The Hall–Kier alpha value is -3.65. The van der Waals surface area contributed by atoms with E-state index in [9.17, 15) is 9.90 Å². The highest BCUT2D eigenvalue weighted by molar-refractivity contribution is 5.87. The van der Waals surface area contributed by atoms with Crippen LogP contribution in [0.15, 0.2) is 54.7 Å². The average Bonchev–Trinajstić information content (AvgIpc) is 3.41. The molecule has 34 heavy (non-hydrogen) atoms. The van der Waals surface area contributed by atoms with E-state index < -0.39 is 11.6 Å². The van der Waals surface area contributed by atoms with Crippen LogP contribution in [0.5, 0.6) is 5.75 Å². The number of aryl methyl sites for hydroxylation is 1. The lowest BCUT2D eigenvalue weighted by Crippen LogP contribution is -2.37. The van der Waals surface area contributed by atoms with Crippen molar-refractivity contribution in [3.8, 4) is 22.7 Å². The fraction of sp³-hybridized carbons (Fsp3) is 0.346. The number of rotatable bonds is 9. The first-order chi connectivity index (χ1) is 16.4. The molecule has 2 aromatic carbocycles. The number of carboxylic acids is 1. The quantitative estimate of drug-likeness (QED) is 0.388. The third-order valence-electron chi connectivity index (χ3n) is 6.35. The van der Waals surface area contributed by atoms with Gasteiger partial charge in [0.2, 0.25) is 0 Å². The Labute approximate surface area is 197 Å². The summed E-state index contributed by atoms with van der Waals surface area (Å²) in [4.78, 5) is 11.7. The van der Waals surface area contributed by atoms with Gasteiger partial charge in [-0.1, -0.05) is 31.2 Å². The molecule has 0 bridgehead atoms. The third-order valence-corrected chi connectivity index (χ3v) is 6.35. The Bertz CT molecular complexity index is 1350. The monoisotopic (exact) mass is 460 g/mol. The number of carboxylic acid groups (broad SMARTS) is 1. The topological polar surface area (TPSA) is 91.4 Å². The molecule has 0 radical (unpaired) electrons. The number of para-hydroxylation sites is 1. The van der Waals surface area contributed by atoms with E-state index >= 15 is 0 Å². The van der Waals surface area contributed by atoms with E-state index in [4.69, 9.17) is 14.6 Å². The molecule has 1 aliphatic rings. The van der Waals surface area contributed by atoms with E-state index in [0.29, 0.717) is 18.2 Å². The Morgan fingerprint density at radius 2 is 2.00 bits per heavy atom. The summed E-state index contributed by atoms with van der Waals surface area (Å²) in [5, 5.41) is 19.8. The number of aliphatic carboxylic acids is 1. The van der Waals surface area contributed by atoms with Crippen LogP contribution >= 0.6 is 0 Å². The summed E-state index contributed by atoms with van der Waals surface area (Å²) in [6.45, 7) is 3.46. The van der Waals surface area contributed by atoms with E-state index in [0.717, 1.165) is 46.4 Å². The second-order valence-corrected chi connectivity index (χ2v) is 8.94. The van der Waals surface area contributed by atoms with Gasteiger partial charge in [-0.05, 0) is 50.5 Å². The number of benzene rings is 2. The molecule has 1 aliphatic carbocycles. The maximum Gasteiger partial charge on any atom is 0.335 e. The molecule has 0 saturated heterocycles. The van der Waals surface area contributed by atoms with Gasteiger partial charge in [0, 0.05) is 18.0 Å². The van der Waals surface area contributed by atoms with E-state index in [1.54, 1.807) is 13.8 Å². The summed E-state index contributed by atoms with van der Waals surface area (Å²) >= 11 is 0. The summed E-state index contributed by atoms with van der Waals surface area (Å²) in [6, 6.07) is 15.9. The van der Waals surface area contributed by atoms with Gasteiger partial charge in [-0.25, -0.2) is 9.48 Å². The Balaban J connectivity index is 1.59. The fourth-order valence-electron chi connectivity index (χ4n) is 3.93. The van der Waals surface area contributed by atoms with Crippen LogP contribution in [0.1, 0.15) is 38.8 Å². The summed E-state index contributed by atoms with van der Waals surface area (Å²) < 4.78 is 15.6. The molecule has 1 saturated carbocycles. The zero-order valence-corrected chi connectivity index (χ0v) is 19.6. The molecular weight excluding hydrogens is 432 g/mol. The summed E-state index contributed by atoms with van der Waals surface area (Å²) in [7, 11) is 1.91. The smallest absolute Gasteiger partial charge is 0.335 e. The molecule has 1 N–H and O–H groups in total. The molecule has 2 heterocycles. The zero-order valence-electron chi connectivity index (χ0n) is 19.6. The van der Waals surface area contributed by atoms with Gasteiger partial charge >= 0.3 is 5.97 Å². The van der Waals surface area contributed by atoms with Crippen LogP contribution in [-0.4, -0.2) is 42.3 Å². The number of ether oxygens (including phenoxy) is 2. The lowest BCUT2D eigenvalue weighted by atomic mass is 10.0. The minimum atomic E-state index is -1.27. The minimum absolute atomic E-state index is 0.0796. The highest BCUT2D eigenvalue weighted by Crippen LogP contribution is 2.33. The molecule has 0 spiro atoms. The number of aromatic nitrogens is 4. The highest BCUT2D eigenvalue weighted by atomic mass is 16.5. The van der Waals surface area contributed by atoms with E-state index in [1.165, 1.54) is 0 Å². The molecule has 176 valence electrons. The van der Waals surface area contributed by atoms with Gasteiger partial charge in [0.25, 0.3) is 0 Å². The van der Waals surface area contributed by atoms with Gasteiger partial charge in [-0.2, -0.15) is 10.2 Å². The molecule has 1 fully saturated rings. The second-order valence-electron chi connectivity index (χ2n) is 8.94. The second kappa shape index (κ2) is 8.61. The van der Waals surface area contributed by atoms with Crippen molar-refractivity contribution in [2.45, 2.75) is 51.4 Å². The maximum atomic E-state index is 11.7. The van der Waals surface area contributed by atoms with E-state index in [-0.39, 0.29) is 6.61 Å². The lowest BCUT2D eigenvalue weighted by Gasteiger charge is -2.22. The fourth-order valence-corrected chi connectivity index (χ4v) is 3.93. The number of hydrogen-bond donors (Lipinski definition) is 1. The first-order valence-electron chi connectivity index (χ1n) is 11.5. The van der Waals surface area contributed by atoms with Crippen LogP contribution < -0.4 is 4.74 Å². The zero-order chi connectivity index (χ0) is 23.9. The van der Waals surface area contributed by atoms with Crippen molar-refractivity contribution in [1.29, 1.82) is 0 Å². The first-order valence-corrected chi connectivity index (χ1v) is 11.5. The van der Waals surface area contributed by atoms with Crippen molar-refractivity contribution in [1.82, 2.24) is 19.6 Å². The number of fused-ring (bicyclic) bond motifs is 1. The third kappa shape index (κ3) is 4.17. The lowest BCUT2D eigenvalue weighted by molar-refractivity contribution is -0.165. The van der Waals surface area contributed by atoms with Crippen molar-refractivity contribution in [2.75, 3.05) is 0 Å². The van der Waals surface area contributed by atoms with Gasteiger partial charge in [0.1, 0.15) is 5.75 Å². The van der Waals surface area contributed by atoms with Crippen LogP contribution in [0, 0.1) is 0 Å². The first kappa shape index (κ1) is 22.2. The Morgan fingerprint density at radius 3 is 2.74 bits per heavy atom. The molecule has 8 heteroatoms. The van der Waals surface area contributed by atoms with Crippen LogP contribution in [0.25, 0.3) is 27.8 Å². The highest BCUT2D eigenvalue weighted by Gasteiger charge is 2.32. The molecule has 0 aliphatic heterocycles. The largest absolute Gasteiger partial charge is 0.490 e. The Morgan fingerprint density at radius 1 is 1.21 bits per heavy atom. The van der Waals surface area contributed by atoms with Crippen molar-refractivity contribution < 1.29 is 19.4 Å². The molecular formula is C26H28N4O4. The average molecular weight is 461 g/mol. The standard InChI is InChI=1S/C26H28N4O4/c1-4-26(2,25(31)32)33-16-19-14-23(17-7-5-9-21(13-17)34-20-11-12-20)30(28-19)22-10-6-8-18-15-27-29(3)24(18)22/h5-10,13-15,20H,4,11-12,16H2,1-3H3,(H,31,32). The van der Waals surface area contributed by atoms with Crippen LogP contribution in [-0.2, 0) is 23.2 Å². The molecule has 1 unspecified atom stereocenters. The van der Waals surface area contributed by atoms with Crippen molar-refractivity contribution in [3.05, 3.63) is 60.4 Å². The predicted molar refractivity (Wildman–Crippen MR) is 128 cm³/mol. The predicted octanol–water partition coefficient (Wildman–Crippen LogP) is 4.74. The van der Waals surface area contributed by atoms with Crippen LogP contribution in [0.3, 0.4) is 0 Å². The summed E-state index contributed by atoms with van der Waals surface area (Å²) in [5.41, 5.74) is 3.01. The van der Waals surface area contributed by atoms with Gasteiger partial charge in [-0.15, -0.1) is 0 Å². The molecule has 8 nitrogen and oxygen atoms in total. The van der Waals surface area contributed by atoms with Crippen molar-refractivity contribution in [3.63, 3.8) is 0 Å². The molecule has 0 amide bonds. The maximum absolute atomic E-state index is 11.7. The summed E-state index contributed by atoms with van der Waals surface area (Å²) in [6.07, 6.45) is 4.66. The van der Waals surface area contributed by atoms with Crippen LogP contribution in [0.4, 0.5) is 0 Å². The molecule has 5 rings (SSSR count). The van der Waals surface area contributed by atoms with Gasteiger partial charge in [0.15, 0.2) is 5.60 Å². The van der Waals surface area contributed by atoms with E-state index in [1.807, 2.05) is 71.1 Å². The SMILES string of the molecule is CCC(C)(OCc1cc(-c2cccc(OC3CC3)c2)n(-c2cccc3cnn(C)c23)n1)C(=O)O. The van der Waals surface area contributed by atoms with Gasteiger partial charge < -0.3 is 14.6 Å². The Kier molecular flexibility index (Phi) is 5.61. The summed E-state index contributed by atoms with van der Waals surface area (Å²) in [5.74, 6) is -0.159. The van der Waals surface area contributed by atoms with Crippen molar-refractivity contribution >= 4 is 16.9 Å².